The van der Waals surface area contributed by atoms with Gasteiger partial charge in [-0.1, -0.05) is 12.2 Å². The fourth-order valence-electron chi connectivity index (χ4n) is 3.38. The van der Waals surface area contributed by atoms with E-state index in [1.165, 1.54) is 17.7 Å². The molecule has 2 aliphatic rings. The molecular formula is C21H22N8OS. The van der Waals surface area contributed by atoms with Crippen LogP contribution in [0.5, 0.6) is 0 Å². The second-order valence-corrected chi connectivity index (χ2v) is 8.47. The van der Waals surface area contributed by atoms with E-state index >= 15 is 0 Å². The maximum Gasteiger partial charge on any atom is 0.279 e. The van der Waals surface area contributed by atoms with Gasteiger partial charge in [-0.3, -0.25) is 15.0 Å². The maximum absolute atomic E-state index is 13.1. The number of hydrogen-bond acceptors (Lipinski definition) is 9. The molecule has 1 fully saturated rings. The summed E-state index contributed by atoms with van der Waals surface area (Å²) in [5.41, 5.74) is 2.68. The van der Waals surface area contributed by atoms with Crippen molar-refractivity contribution in [3.8, 4) is 0 Å². The summed E-state index contributed by atoms with van der Waals surface area (Å²) < 4.78 is 0. The molecule has 31 heavy (non-hydrogen) atoms. The number of amides is 1. The van der Waals surface area contributed by atoms with Crippen LogP contribution < -0.4 is 10.6 Å². The third-order valence-corrected chi connectivity index (χ3v) is 5.93. The summed E-state index contributed by atoms with van der Waals surface area (Å²) in [6.07, 6.45) is 14.0. The van der Waals surface area contributed by atoms with E-state index in [1.54, 1.807) is 18.6 Å². The number of anilines is 3. The first-order chi connectivity index (χ1) is 15.2. The van der Waals surface area contributed by atoms with E-state index in [4.69, 9.17) is 0 Å². The van der Waals surface area contributed by atoms with Crippen LogP contribution in [0.1, 0.15) is 47.1 Å². The van der Waals surface area contributed by atoms with Crippen LogP contribution in [0.25, 0.3) is 0 Å². The minimum absolute atomic E-state index is 0.242. The van der Waals surface area contributed by atoms with E-state index in [9.17, 15) is 4.79 Å². The topological polar surface area (TPSA) is 109 Å². The minimum atomic E-state index is -0.337. The zero-order chi connectivity index (χ0) is 21.0. The Bertz CT molecular complexity index is 1100. The van der Waals surface area contributed by atoms with Gasteiger partial charge in [-0.15, -0.1) is 11.3 Å². The number of thiazole rings is 1. The van der Waals surface area contributed by atoms with Crippen molar-refractivity contribution in [3.63, 3.8) is 0 Å². The van der Waals surface area contributed by atoms with Crippen molar-refractivity contribution < 1.29 is 4.79 Å². The van der Waals surface area contributed by atoms with Crippen LogP contribution >= 0.6 is 11.3 Å². The first-order valence-electron chi connectivity index (χ1n) is 10.3. The minimum Gasteiger partial charge on any atom is -0.336 e. The van der Waals surface area contributed by atoms with Crippen molar-refractivity contribution in [2.45, 2.75) is 31.7 Å². The summed E-state index contributed by atoms with van der Waals surface area (Å²) in [4.78, 5) is 37.0. The molecule has 0 unspecified atom stereocenters. The molecule has 158 valence electrons. The van der Waals surface area contributed by atoms with Gasteiger partial charge in [-0.05, 0) is 19.3 Å². The second kappa shape index (κ2) is 8.86. The van der Waals surface area contributed by atoms with Crippen LogP contribution in [0.3, 0.4) is 0 Å². The SMILES string of the molecule is O=C(Nc1nc(CN2CC=CCC2)cs1)c1nc(C2CC2)cnc1Nc1cncnc1. The molecule has 1 aliphatic heterocycles. The van der Waals surface area contributed by atoms with E-state index in [1.807, 2.05) is 5.38 Å². The van der Waals surface area contributed by atoms with Gasteiger partial charge in [-0.25, -0.2) is 24.9 Å². The number of aromatic nitrogens is 5. The second-order valence-electron chi connectivity index (χ2n) is 7.61. The fourth-order valence-corrected chi connectivity index (χ4v) is 4.08. The van der Waals surface area contributed by atoms with Crippen LogP contribution in [-0.4, -0.2) is 48.8 Å². The Morgan fingerprint density at radius 1 is 1.16 bits per heavy atom. The number of nitrogens with one attached hydrogen (secondary N) is 2. The molecule has 1 aliphatic carbocycles. The van der Waals surface area contributed by atoms with Crippen LogP contribution in [0, 0.1) is 0 Å². The normalized spacial score (nSPS) is 16.3. The van der Waals surface area contributed by atoms with Crippen LogP contribution in [0.4, 0.5) is 16.6 Å². The van der Waals surface area contributed by atoms with E-state index in [-0.39, 0.29) is 11.6 Å². The predicted octanol–water partition coefficient (Wildman–Crippen LogP) is 3.36. The Morgan fingerprint density at radius 2 is 2.03 bits per heavy atom. The van der Waals surface area contributed by atoms with E-state index in [2.05, 4.69) is 52.6 Å². The highest BCUT2D eigenvalue weighted by Crippen LogP contribution is 2.39. The number of carbonyl (C=O) groups excluding carboxylic acids is 1. The van der Waals surface area contributed by atoms with Crippen LogP contribution in [0.15, 0.2) is 42.4 Å². The number of hydrogen-bond donors (Lipinski definition) is 2. The van der Waals surface area contributed by atoms with Crippen molar-refractivity contribution >= 4 is 33.9 Å². The average Bonchev–Trinajstić information content (AvgIpc) is 3.56. The van der Waals surface area contributed by atoms with Gasteiger partial charge in [0.15, 0.2) is 16.6 Å². The van der Waals surface area contributed by atoms with Crippen molar-refractivity contribution in [2.75, 3.05) is 23.7 Å². The van der Waals surface area contributed by atoms with Crippen molar-refractivity contribution in [1.82, 2.24) is 29.8 Å². The number of carbonyl (C=O) groups is 1. The Kier molecular flexibility index (Phi) is 5.63. The van der Waals surface area contributed by atoms with Gasteiger partial charge >= 0.3 is 0 Å². The molecule has 3 aromatic rings. The largest absolute Gasteiger partial charge is 0.336 e. The number of nitrogens with zero attached hydrogens (tertiary/aromatic N) is 6. The molecule has 5 rings (SSSR count). The van der Waals surface area contributed by atoms with Crippen molar-refractivity contribution in [2.24, 2.45) is 0 Å². The highest BCUT2D eigenvalue weighted by Gasteiger charge is 2.28. The van der Waals surface area contributed by atoms with Gasteiger partial charge in [0.2, 0.25) is 0 Å². The maximum atomic E-state index is 13.1. The summed E-state index contributed by atoms with van der Waals surface area (Å²) >= 11 is 1.42. The third kappa shape index (κ3) is 4.92. The molecule has 2 N–H and O–H groups in total. The molecule has 3 aromatic heterocycles. The lowest BCUT2D eigenvalue weighted by molar-refractivity contribution is 0.102. The van der Waals surface area contributed by atoms with E-state index in [0.717, 1.165) is 50.3 Å². The molecule has 0 spiro atoms. The molecule has 10 heteroatoms. The molecular weight excluding hydrogens is 412 g/mol. The molecule has 0 radical (unpaired) electrons. The Balaban J connectivity index is 1.33. The lowest BCUT2D eigenvalue weighted by atomic mass is 10.2. The highest BCUT2D eigenvalue weighted by molar-refractivity contribution is 7.14. The molecule has 0 bridgehead atoms. The summed E-state index contributed by atoms with van der Waals surface area (Å²) in [6.45, 7) is 2.73. The zero-order valence-corrected chi connectivity index (χ0v) is 17.7. The summed E-state index contributed by atoms with van der Waals surface area (Å²) in [5, 5.41) is 8.53. The van der Waals surface area contributed by atoms with Crippen LogP contribution in [0.2, 0.25) is 0 Å². The Morgan fingerprint density at radius 3 is 2.81 bits per heavy atom. The third-order valence-electron chi connectivity index (χ3n) is 5.13. The van der Waals surface area contributed by atoms with Crippen molar-refractivity contribution in [1.29, 1.82) is 0 Å². The van der Waals surface area contributed by atoms with Gasteiger partial charge in [0.05, 0.1) is 35.7 Å². The van der Waals surface area contributed by atoms with Gasteiger partial charge in [0, 0.05) is 30.9 Å². The zero-order valence-electron chi connectivity index (χ0n) is 16.9. The molecule has 1 amide bonds. The fraction of sp³-hybridized carbons (Fsp3) is 0.333. The number of rotatable bonds is 7. The van der Waals surface area contributed by atoms with Gasteiger partial charge in [0.25, 0.3) is 5.91 Å². The summed E-state index contributed by atoms with van der Waals surface area (Å²) in [5.74, 6) is 0.419. The lowest BCUT2D eigenvalue weighted by Gasteiger charge is -2.21. The first-order valence-corrected chi connectivity index (χ1v) is 11.1. The molecule has 9 nitrogen and oxygen atoms in total. The van der Waals surface area contributed by atoms with Gasteiger partial charge in [-0.2, -0.15) is 0 Å². The van der Waals surface area contributed by atoms with E-state index < -0.39 is 0 Å². The Hall–Kier alpha value is -3.24. The van der Waals surface area contributed by atoms with Crippen LogP contribution in [-0.2, 0) is 6.54 Å². The smallest absolute Gasteiger partial charge is 0.279 e. The van der Waals surface area contributed by atoms with Gasteiger partial charge < -0.3 is 5.32 Å². The molecule has 0 saturated heterocycles. The standard InChI is InChI=1S/C21H22N8OS/c30-20(28-21-26-16(12-31-21)11-29-6-2-1-3-7-29)18-19(25-15-8-22-13-23-9-15)24-10-17(27-18)14-4-5-14/h1-2,8-10,12-14H,3-7,11H2,(H,24,25)(H,26,28,30). The first kappa shape index (κ1) is 19.7. The molecule has 0 atom stereocenters. The Labute approximate surface area is 183 Å². The summed E-state index contributed by atoms with van der Waals surface area (Å²) in [7, 11) is 0. The lowest BCUT2D eigenvalue weighted by Crippen LogP contribution is -2.26. The van der Waals surface area contributed by atoms with Gasteiger partial charge in [0.1, 0.15) is 6.33 Å². The molecule has 1 saturated carbocycles. The molecule has 4 heterocycles. The predicted molar refractivity (Wildman–Crippen MR) is 118 cm³/mol. The van der Waals surface area contributed by atoms with Crippen molar-refractivity contribution in [3.05, 3.63) is 59.5 Å². The highest BCUT2D eigenvalue weighted by atomic mass is 32.1. The van der Waals surface area contributed by atoms with E-state index in [0.29, 0.717) is 22.6 Å². The monoisotopic (exact) mass is 434 g/mol. The quantitative estimate of drug-likeness (QED) is 0.545. The summed E-state index contributed by atoms with van der Waals surface area (Å²) in [6, 6.07) is 0. The average molecular weight is 435 g/mol. The molecule has 0 aromatic carbocycles.